The van der Waals surface area contributed by atoms with E-state index >= 15 is 0 Å². The van der Waals surface area contributed by atoms with Crippen molar-refractivity contribution in [2.75, 3.05) is 18.0 Å². The van der Waals surface area contributed by atoms with Crippen molar-refractivity contribution in [2.45, 2.75) is 26.3 Å². The number of aryl methyl sites for hydroxylation is 1. The molecule has 1 saturated heterocycles. The average molecular weight is 370 g/mol. The summed E-state index contributed by atoms with van der Waals surface area (Å²) in [6, 6.07) is 9.52. The second-order valence-corrected chi connectivity index (χ2v) is 6.98. The van der Waals surface area contributed by atoms with Crippen LogP contribution < -0.4 is 10.2 Å². The quantitative estimate of drug-likeness (QED) is 0.744. The maximum absolute atomic E-state index is 12.5. The monoisotopic (exact) mass is 369 g/mol. The van der Waals surface area contributed by atoms with Crippen molar-refractivity contribution >= 4 is 34.3 Å². The van der Waals surface area contributed by atoms with E-state index < -0.39 is 0 Å². The molecule has 4 rings (SSSR count). The van der Waals surface area contributed by atoms with Crippen LogP contribution in [0.1, 0.15) is 34.5 Å². The largest absolute Gasteiger partial charge is 0.449 e. The number of hydrogen-bond acceptors (Lipinski definition) is 4. The van der Waals surface area contributed by atoms with Crippen LogP contribution in [0.3, 0.4) is 0 Å². The highest BCUT2D eigenvalue weighted by Crippen LogP contribution is 2.30. The molecule has 0 bridgehead atoms. The molecule has 5 nitrogen and oxygen atoms in total. The Morgan fingerprint density at radius 2 is 2.08 bits per heavy atom. The summed E-state index contributed by atoms with van der Waals surface area (Å²) in [4.78, 5) is 19.3. The minimum absolute atomic E-state index is 0.251. The number of nitrogens with zero attached hydrogens (tertiary/aromatic N) is 2. The van der Waals surface area contributed by atoms with Gasteiger partial charge in [-0.05, 0) is 37.5 Å². The zero-order valence-electron chi connectivity index (χ0n) is 14.6. The first-order valence-corrected chi connectivity index (χ1v) is 9.17. The normalized spacial score (nSPS) is 14.2. The van der Waals surface area contributed by atoms with Gasteiger partial charge in [-0.2, -0.15) is 0 Å². The van der Waals surface area contributed by atoms with Gasteiger partial charge in [0, 0.05) is 36.8 Å². The van der Waals surface area contributed by atoms with Crippen molar-refractivity contribution in [3.05, 3.63) is 58.4 Å². The van der Waals surface area contributed by atoms with Crippen LogP contribution in [0.4, 0.5) is 5.82 Å². The molecule has 3 aromatic rings. The number of fused-ring (bicyclic) bond motifs is 1. The van der Waals surface area contributed by atoms with E-state index in [2.05, 4.69) is 15.2 Å². The number of rotatable bonds is 4. The minimum Gasteiger partial charge on any atom is -0.449 e. The Morgan fingerprint density at radius 3 is 2.77 bits per heavy atom. The molecule has 0 aliphatic carbocycles. The summed E-state index contributed by atoms with van der Waals surface area (Å²) in [7, 11) is 0. The van der Waals surface area contributed by atoms with Gasteiger partial charge >= 0.3 is 0 Å². The average Bonchev–Trinajstić information content (AvgIpc) is 3.30. The maximum Gasteiger partial charge on any atom is 0.287 e. The molecule has 26 heavy (non-hydrogen) atoms. The number of halogens is 1. The molecule has 1 fully saturated rings. The van der Waals surface area contributed by atoms with Crippen LogP contribution in [-0.2, 0) is 6.54 Å². The van der Waals surface area contributed by atoms with E-state index in [1.165, 1.54) is 12.8 Å². The van der Waals surface area contributed by atoms with E-state index in [9.17, 15) is 4.79 Å². The van der Waals surface area contributed by atoms with E-state index in [1.807, 2.05) is 37.4 Å². The van der Waals surface area contributed by atoms with E-state index in [0.717, 1.165) is 35.4 Å². The lowest BCUT2D eigenvalue weighted by molar-refractivity contribution is 0.0924. The van der Waals surface area contributed by atoms with Crippen molar-refractivity contribution in [3.8, 4) is 0 Å². The molecule has 1 amide bonds. The number of pyridine rings is 1. The summed E-state index contributed by atoms with van der Waals surface area (Å²) in [6.07, 6.45) is 4.26. The van der Waals surface area contributed by atoms with Crippen LogP contribution in [-0.4, -0.2) is 24.0 Å². The summed E-state index contributed by atoms with van der Waals surface area (Å²) in [5, 5.41) is 4.26. The van der Waals surface area contributed by atoms with Crippen molar-refractivity contribution in [3.63, 3.8) is 0 Å². The Kier molecular flexibility index (Phi) is 4.55. The first-order valence-electron chi connectivity index (χ1n) is 8.79. The Bertz CT molecular complexity index is 944. The standard InChI is InChI=1S/C20H20ClN3O2/c1-13-15-5-4-6-16(21)19(15)26-18(13)20(25)23-12-14-7-8-17(22-11-14)24-9-2-3-10-24/h4-8,11H,2-3,9-10,12H2,1H3,(H,23,25). The molecular formula is C20H20ClN3O2. The number of carbonyl (C=O) groups excluding carboxylic acids is 1. The molecule has 2 aromatic heterocycles. The maximum atomic E-state index is 12.5. The molecule has 6 heteroatoms. The number of para-hydroxylation sites is 1. The SMILES string of the molecule is Cc1c(C(=O)NCc2ccc(N3CCCC3)nc2)oc2c(Cl)cccc12. The molecule has 1 aliphatic rings. The molecule has 3 heterocycles. The Labute approximate surface area is 157 Å². The second kappa shape index (κ2) is 7.00. The van der Waals surface area contributed by atoms with Crippen molar-refractivity contribution in [1.29, 1.82) is 0 Å². The number of nitrogens with one attached hydrogen (secondary N) is 1. The highest BCUT2D eigenvalue weighted by atomic mass is 35.5. The lowest BCUT2D eigenvalue weighted by atomic mass is 10.1. The third-order valence-corrected chi connectivity index (χ3v) is 5.11. The molecule has 0 saturated carbocycles. The number of hydrogen-bond donors (Lipinski definition) is 1. The van der Waals surface area contributed by atoms with Gasteiger partial charge in [0.25, 0.3) is 5.91 Å². The summed E-state index contributed by atoms with van der Waals surface area (Å²) in [5.41, 5.74) is 2.30. The highest BCUT2D eigenvalue weighted by molar-refractivity contribution is 6.35. The predicted octanol–water partition coefficient (Wildman–Crippen LogP) is 4.32. The molecule has 1 aromatic carbocycles. The van der Waals surface area contributed by atoms with Gasteiger partial charge in [0.2, 0.25) is 0 Å². The summed E-state index contributed by atoms with van der Waals surface area (Å²) < 4.78 is 5.70. The fourth-order valence-electron chi connectivity index (χ4n) is 3.34. The fourth-order valence-corrected chi connectivity index (χ4v) is 3.56. The predicted molar refractivity (Wildman–Crippen MR) is 103 cm³/mol. The lowest BCUT2D eigenvalue weighted by Gasteiger charge is -2.16. The van der Waals surface area contributed by atoms with Gasteiger partial charge in [-0.3, -0.25) is 4.79 Å². The summed E-state index contributed by atoms with van der Waals surface area (Å²) in [5.74, 6) is 1.05. The topological polar surface area (TPSA) is 58.4 Å². The van der Waals surface area contributed by atoms with Gasteiger partial charge < -0.3 is 14.6 Å². The molecule has 0 spiro atoms. The molecule has 1 aliphatic heterocycles. The molecule has 1 N–H and O–H groups in total. The van der Waals surface area contributed by atoms with Gasteiger partial charge in [0.15, 0.2) is 11.3 Å². The number of benzene rings is 1. The molecular weight excluding hydrogens is 350 g/mol. The van der Waals surface area contributed by atoms with E-state index in [0.29, 0.717) is 22.9 Å². The van der Waals surface area contributed by atoms with E-state index in [4.69, 9.17) is 16.0 Å². The molecule has 0 atom stereocenters. The van der Waals surface area contributed by atoms with E-state index in [-0.39, 0.29) is 5.91 Å². The third kappa shape index (κ3) is 3.15. The van der Waals surface area contributed by atoms with Crippen molar-refractivity contribution in [2.24, 2.45) is 0 Å². The number of furan rings is 1. The highest BCUT2D eigenvalue weighted by Gasteiger charge is 2.19. The Morgan fingerprint density at radius 1 is 1.27 bits per heavy atom. The molecule has 134 valence electrons. The number of anilines is 1. The smallest absolute Gasteiger partial charge is 0.287 e. The number of aromatic nitrogens is 1. The Hall–Kier alpha value is -2.53. The first kappa shape index (κ1) is 16.9. The lowest BCUT2D eigenvalue weighted by Crippen LogP contribution is -2.23. The summed E-state index contributed by atoms with van der Waals surface area (Å²) >= 11 is 6.15. The van der Waals surface area contributed by atoms with Crippen molar-refractivity contribution in [1.82, 2.24) is 10.3 Å². The molecule has 0 unspecified atom stereocenters. The van der Waals surface area contributed by atoms with Crippen LogP contribution in [0.15, 0.2) is 40.9 Å². The van der Waals surface area contributed by atoms with Crippen LogP contribution in [0.5, 0.6) is 0 Å². The minimum atomic E-state index is -0.251. The zero-order valence-corrected chi connectivity index (χ0v) is 15.3. The van der Waals surface area contributed by atoms with Crippen LogP contribution in [0, 0.1) is 6.92 Å². The fraction of sp³-hybridized carbons (Fsp3) is 0.300. The van der Waals surface area contributed by atoms with Gasteiger partial charge in [-0.25, -0.2) is 4.98 Å². The number of carbonyl (C=O) groups is 1. The molecule has 0 radical (unpaired) electrons. The summed E-state index contributed by atoms with van der Waals surface area (Å²) in [6.45, 7) is 4.40. The van der Waals surface area contributed by atoms with Crippen molar-refractivity contribution < 1.29 is 9.21 Å². The van der Waals surface area contributed by atoms with Crippen LogP contribution in [0.2, 0.25) is 5.02 Å². The van der Waals surface area contributed by atoms with Crippen LogP contribution >= 0.6 is 11.6 Å². The van der Waals surface area contributed by atoms with Gasteiger partial charge in [-0.1, -0.05) is 29.8 Å². The first-order chi connectivity index (χ1) is 12.6. The van der Waals surface area contributed by atoms with Gasteiger partial charge in [-0.15, -0.1) is 0 Å². The second-order valence-electron chi connectivity index (χ2n) is 6.57. The van der Waals surface area contributed by atoms with Gasteiger partial charge in [0.05, 0.1) is 5.02 Å². The third-order valence-electron chi connectivity index (χ3n) is 4.81. The van der Waals surface area contributed by atoms with Gasteiger partial charge in [0.1, 0.15) is 5.82 Å². The Balaban J connectivity index is 1.45. The number of amides is 1. The van der Waals surface area contributed by atoms with E-state index in [1.54, 1.807) is 6.07 Å². The van der Waals surface area contributed by atoms with Crippen LogP contribution in [0.25, 0.3) is 11.0 Å². The zero-order chi connectivity index (χ0) is 18.1.